The Bertz CT molecular complexity index is 555. The van der Waals surface area contributed by atoms with E-state index in [1.165, 1.54) is 0 Å². The molecule has 1 aromatic heterocycles. The summed E-state index contributed by atoms with van der Waals surface area (Å²) in [5, 5.41) is 4.11. The van der Waals surface area contributed by atoms with Gasteiger partial charge < -0.3 is 15.2 Å². The number of hydrogen-bond acceptors (Lipinski definition) is 3. The van der Waals surface area contributed by atoms with Gasteiger partial charge in [0, 0.05) is 19.6 Å². The molecule has 1 aliphatic heterocycles. The highest BCUT2D eigenvalue weighted by atomic mass is 35.5. The van der Waals surface area contributed by atoms with Gasteiger partial charge in [0.2, 0.25) is 5.95 Å². The topological polar surface area (TPSA) is 44.0 Å². The zero-order chi connectivity index (χ0) is 12.5. The largest absolute Gasteiger partial charge is 0.341 e. The van der Waals surface area contributed by atoms with Gasteiger partial charge in [-0.05, 0) is 37.6 Å². The molecule has 2 N–H and O–H groups in total. The van der Waals surface area contributed by atoms with Gasteiger partial charge in [-0.25, -0.2) is 4.98 Å². The molecule has 0 amide bonds. The van der Waals surface area contributed by atoms with Gasteiger partial charge in [0.15, 0.2) is 0 Å². The summed E-state index contributed by atoms with van der Waals surface area (Å²) in [5.74, 6) is 0.932. The van der Waals surface area contributed by atoms with Crippen LogP contribution in [0.4, 0.5) is 5.95 Å². The van der Waals surface area contributed by atoms with Crippen molar-refractivity contribution in [3.63, 3.8) is 0 Å². The number of nitrogens with one attached hydrogen (secondary N) is 2. The van der Waals surface area contributed by atoms with Crippen molar-refractivity contribution in [1.29, 1.82) is 0 Å². The van der Waals surface area contributed by atoms with E-state index < -0.39 is 0 Å². The number of anilines is 1. The molecular weight excluding hydrogens is 248 g/mol. The van der Waals surface area contributed by atoms with Crippen molar-refractivity contribution in [1.82, 2.24) is 15.3 Å². The first-order valence-electron chi connectivity index (χ1n) is 6.35. The summed E-state index contributed by atoms with van der Waals surface area (Å²) in [6.07, 6.45) is 1.14. The summed E-state index contributed by atoms with van der Waals surface area (Å²) in [6, 6.07) is 4.05. The molecule has 2 heterocycles. The molecule has 3 rings (SSSR count). The second-order valence-corrected chi connectivity index (χ2v) is 5.20. The third kappa shape index (κ3) is 2.18. The van der Waals surface area contributed by atoms with E-state index in [0.29, 0.717) is 0 Å². The molecule has 1 fully saturated rings. The minimum absolute atomic E-state index is 0.723. The van der Waals surface area contributed by atoms with Crippen LogP contribution in [0.1, 0.15) is 12.0 Å². The highest BCUT2D eigenvalue weighted by molar-refractivity contribution is 6.35. The Morgan fingerprint density at radius 3 is 3.06 bits per heavy atom. The molecule has 1 aromatic carbocycles. The van der Waals surface area contributed by atoms with Crippen LogP contribution in [-0.4, -0.2) is 36.1 Å². The zero-order valence-corrected chi connectivity index (χ0v) is 11.2. The van der Waals surface area contributed by atoms with Gasteiger partial charge in [0.05, 0.1) is 10.5 Å². The van der Waals surface area contributed by atoms with Gasteiger partial charge in [-0.1, -0.05) is 11.6 Å². The number of rotatable bonds is 1. The SMILES string of the molecule is Cc1cc(Cl)c2nc(N3CCCNCC3)[nH]c2c1. The van der Waals surface area contributed by atoms with Crippen LogP contribution in [-0.2, 0) is 0 Å². The Balaban J connectivity index is 1.99. The average Bonchev–Trinajstić information content (AvgIpc) is 2.59. The lowest BCUT2D eigenvalue weighted by molar-refractivity contribution is 0.724. The molecule has 5 heteroatoms. The van der Waals surface area contributed by atoms with Gasteiger partial charge in [0.25, 0.3) is 0 Å². The maximum atomic E-state index is 6.23. The summed E-state index contributed by atoms with van der Waals surface area (Å²) in [6.45, 7) is 6.14. The number of aromatic nitrogens is 2. The second-order valence-electron chi connectivity index (χ2n) is 4.79. The van der Waals surface area contributed by atoms with Crippen LogP contribution < -0.4 is 10.2 Å². The van der Waals surface area contributed by atoms with Crippen molar-refractivity contribution in [2.24, 2.45) is 0 Å². The zero-order valence-electron chi connectivity index (χ0n) is 10.5. The molecule has 4 nitrogen and oxygen atoms in total. The maximum absolute atomic E-state index is 6.23. The van der Waals surface area contributed by atoms with Crippen molar-refractivity contribution in [2.45, 2.75) is 13.3 Å². The predicted octanol–water partition coefficient (Wildman–Crippen LogP) is 2.32. The first-order valence-corrected chi connectivity index (χ1v) is 6.73. The first-order chi connectivity index (χ1) is 8.74. The number of halogens is 1. The Morgan fingerprint density at radius 1 is 1.28 bits per heavy atom. The minimum Gasteiger partial charge on any atom is -0.341 e. The highest BCUT2D eigenvalue weighted by Crippen LogP contribution is 2.26. The van der Waals surface area contributed by atoms with Gasteiger partial charge >= 0.3 is 0 Å². The van der Waals surface area contributed by atoms with Gasteiger partial charge in [0.1, 0.15) is 5.52 Å². The summed E-state index contributed by atoms with van der Waals surface area (Å²) >= 11 is 6.23. The Morgan fingerprint density at radius 2 is 2.17 bits per heavy atom. The summed E-state index contributed by atoms with van der Waals surface area (Å²) in [4.78, 5) is 10.3. The molecule has 0 unspecified atom stereocenters. The molecule has 1 aliphatic rings. The van der Waals surface area contributed by atoms with E-state index in [4.69, 9.17) is 11.6 Å². The molecule has 0 atom stereocenters. The molecule has 96 valence electrons. The van der Waals surface area contributed by atoms with E-state index in [1.807, 2.05) is 13.0 Å². The molecule has 0 aliphatic carbocycles. The van der Waals surface area contributed by atoms with Crippen molar-refractivity contribution < 1.29 is 0 Å². The highest BCUT2D eigenvalue weighted by Gasteiger charge is 2.14. The van der Waals surface area contributed by atoms with Crippen LogP contribution in [0.3, 0.4) is 0 Å². The Kier molecular flexibility index (Phi) is 3.14. The minimum atomic E-state index is 0.723. The molecule has 0 bridgehead atoms. The second kappa shape index (κ2) is 4.78. The summed E-state index contributed by atoms with van der Waals surface area (Å²) in [7, 11) is 0. The lowest BCUT2D eigenvalue weighted by atomic mass is 10.2. The van der Waals surface area contributed by atoms with Gasteiger partial charge in [-0.3, -0.25) is 0 Å². The van der Waals surface area contributed by atoms with E-state index in [0.717, 1.165) is 60.2 Å². The molecule has 1 saturated heterocycles. The van der Waals surface area contributed by atoms with E-state index in [1.54, 1.807) is 0 Å². The number of hydrogen-bond donors (Lipinski definition) is 2. The van der Waals surface area contributed by atoms with Crippen LogP contribution in [0, 0.1) is 6.92 Å². The van der Waals surface area contributed by atoms with E-state index in [9.17, 15) is 0 Å². The Hall–Kier alpha value is -1.26. The smallest absolute Gasteiger partial charge is 0.203 e. The number of nitrogens with zero attached hydrogens (tertiary/aromatic N) is 2. The van der Waals surface area contributed by atoms with Crippen molar-refractivity contribution >= 4 is 28.6 Å². The third-order valence-electron chi connectivity index (χ3n) is 3.31. The van der Waals surface area contributed by atoms with E-state index in [-0.39, 0.29) is 0 Å². The summed E-state index contributed by atoms with van der Waals surface area (Å²) < 4.78 is 0. The van der Waals surface area contributed by atoms with Crippen LogP contribution in [0.5, 0.6) is 0 Å². The van der Waals surface area contributed by atoms with Crippen LogP contribution in [0.25, 0.3) is 11.0 Å². The van der Waals surface area contributed by atoms with Crippen molar-refractivity contribution in [2.75, 3.05) is 31.1 Å². The quantitative estimate of drug-likeness (QED) is 0.831. The van der Waals surface area contributed by atoms with Crippen molar-refractivity contribution in [3.8, 4) is 0 Å². The maximum Gasteiger partial charge on any atom is 0.203 e. The fraction of sp³-hybridized carbons (Fsp3) is 0.462. The molecule has 0 spiro atoms. The van der Waals surface area contributed by atoms with E-state index in [2.05, 4.69) is 26.3 Å². The lowest BCUT2D eigenvalue weighted by Crippen LogP contribution is -2.28. The van der Waals surface area contributed by atoms with Crippen LogP contribution in [0.15, 0.2) is 12.1 Å². The first kappa shape index (κ1) is 11.8. The number of fused-ring (bicyclic) bond motifs is 1. The monoisotopic (exact) mass is 264 g/mol. The van der Waals surface area contributed by atoms with Gasteiger partial charge in [-0.2, -0.15) is 0 Å². The van der Waals surface area contributed by atoms with Crippen LogP contribution >= 0.6 is 11.6 Å². The van der Waals surface area contributed by atoms with E-state index >= 15 is 0 Å². The number of aromatic amines is 1. The molecule has 18 heavy (non-hydrogen) atoms. The fourth-order valence-corrected chi connectivity index (χ4v) is 2.72. The van der Waals surface area contributed by atoms with Crippen LogP contribution in [0.2, 0.25) is 5.02 Å². The number of H-pyrrole nitrogens is 1. The molecular formula is C13H17ClN4. The fourth-order valence-electron chi connectivity index (χ4n) is 2.41. The Labute approximate surface area is 111 Å². The molecule has 0 radical (unpaired) electrons. The molecule has 0 saturated carbocycles. The number of aryl methyl sites for hydroxylation is 1. The third-order valence-corrected chi connectivity index (χ3v) is 3.60. The summed E-state index contributed by atoms with van der Waals surface area (Å²) in [5.41, 5.74) is 3.04. The molecule has 2 aromatic rings. The number of imidazole rings is 1. The predicted molar refractivity (Wildman–Crippen MR) is 75.5 cm³/mol. The number of benzene rings is 1. The van der Waals surface area contributed by atoms with Gasteiger partial charge in [-0.15, -0.1) is 0 Å². The standard InChI is InChI=1S/C13H17ClN4/c1-9-7-10(14)12-11(8-9)16-13(17-12)18-5-2-3-15-4-6-18/h7-8,15H,2-6H2,1H3,(H,16,17). The van der Waals surface area contributed by atoms with Crippen molar-refractivity contribution in [3.05, 3.63) is 22.7 Å². The average molecular weight is 265 g/mol. The normalized spacial score (nSPS) is 17.1. The lowest BCUT2D eigenvalue weighted by Gasteiger charge is -2.18.